The summed E-state index contributed by atoms with van der Waals surface area (Å²) >= 11 is 0. The number of nitrogens with zero attached hydrogens (tertiary/aromatic N) is 2. The van der Waals surface area contributed by atoms with Crippen molar-refractivity contribution < 1.29 is 13.2 Å². The molecule has 2 rings (SSSR count). The van der Waals surface area contributed by atoms with E-state index in [1.807, 2.05) is 38.1 Å². The summed E-state index contributed by atoms with van der Waals surface area (Å²) in [5, 5.41) is 0. The fourth-order valence-corrected chi connectivity index (χ4v) is 3.74. The van der Waals surface area contributed by atoms with Gasteiger partial charge in [-0.3, -0.25) is 4.79 Å². The summed E-state index contributed by atoms with van der Waals surface area (Å²) in [5.74, 6) is 0.222. The van der Waals surface area contributed by atoms with E-state index < -0.39 is 10.0 Å². The van der Waals surface area contributed by atoms with E-state index in [-0.39, 0.29) is 24.8 Å². The van der Waals surface area contributed by atoms with Gasteiger partial charge in [-0.05, 0) is 24.0 Å². The van der Waals surface area contributed by atoms with Crippen molar-refractivity contribution in [3.05, 3.63) is 29.8 Å². The zero-order valence-corrected chi connectivity index (χ0v) is 14.3. The molecule has 0 aromatic heterocycles. The highest BCUT2D eigenvalue weighted by Gasteiger charge is 2.25. The number of anilines is 1. The van der Waals surface area contributed by atoms with E-state index in [1.54, 1.807) is 4.90 Å². The molecule has 1 aliphatic heterocycles. The molecule has 0 N–H and O–H groups in total. The molecular weight excluding hydrogens is 300 g/mol. The van der Waals surface area contributed by atoms with E-state index >= 15 is 0 Å². The second-order valence-corrected chi connectivity index (χ2v) is 8.17. The Hall–Kier alpha value is -1.40. The molecule has 0 spiro atoms. The summed E-state index contributed by atoms with van der Waals surface area (Å²) in [5.41, 5.74) is 2.14. The Bertz CT molecular complexity index is 641. The van der Waals surface area contributed by atoms with Crippen LogP contribution in [0.4, 0.5) is 5.69 Å². The molecule has 5 nitrogen and oxygen atoms in total. The van der Waals surface area contributed by atoms with Gasteiger partial charge in [0.1, 0.15) is 0 Å². The van der Waals surface area contributed by atoms with E-state index in [2.05, 4.69) is 0 Å². The number of sulfonamides is 1. The highest BCUT2D eigenvalue weighted by Crippen LogP contribution is 2.27. The molecule has 22 heavy (non-hydrogen) atoms. The molecule has 0 atom stereocenters. The van der Waals surface area contributed by atoms with Crippen molar-refractivity contribution >= 4 is 21.6 Å². The van der Waals surface area contributed by atoms with Crippen LogP contribution in [0.5, 0.6) is 0 Å². The van der Waals surface area contributed by atoms with Gasteiger partial charge in [-0.25, -0.2) is 12.7 Å². The van der Waals surface area contributed by atoms with Crippen molar-refractivity contribution in [2.24, 2.45) is 5.92 Å². The maximum absolute atomic E-state index is 12.4. The molecule has 0 bridgehead atoms. The predicted molar refractivity (Wildman–Crippen MR) is 88.4 cm³/mol. The molecule has 1 aromatic rings. The summed E-state index contributed by atoms with van der Waals surface area (Å²) in [4.78, 5) is 14.2. The summed E-state index contributed by atoms with van der Waals surface area (Å²) in [6.07, 6.45) is 2.28. The molecule has 0 fully saturated rings. The predicted octanol–water partition coefficient (Wildman–Crippen LogP) is 1.88. The van der Waals surface area contributed by atoms with Crippen LogP contribution in [0.3, 0.4) is 0 Å². The average Bonchev–Trinajstić information content (AvgIpc) is 2.85. The van der Waals surface area contributed by atoms with Gasteiger partial charge in [0.2, 0.25) is 15.9 Å². The van der Waals surface area contributed by atoms with Gasteiger partial charge < -0.3 is 4.90 Å². The number of benzene rings is 1. The van der Waals surface area contributed by atoms with Gasteiger partial charge in [0, 0.05) is 31.7 Å². The summed E-state index contributed by atoms with van der Waals surface area (Å²) in [6, 6.07) is 7.87. The Kier molecular flexibility index (Phi) is 5.24. The van der Waals surface area contributed by atoms with Crippen LogP contribution in [0.1, 0.15) is 25.8 Å². The topological polar surface area (TPSA) is 57.7 Å². The van der Waals surface area contributed by atoms with Crippen LogP contribution in [0, 0.1) is 5.92 Å². The SMILES string of the molecule is CC(C)CN(CCC(=O)N1CCc2ccccc21)S(C)(=O)=O. The van der Waals surface area contributed by atoms with Crippen LogP contribution in [-0.2, 0) is 21.2 Å². The average molecular weight is 324 g/mol. The Labute approximate surface area is 133 Å². The van der Waals surface area contributed by atoms with Gasteiger partial charge in [0.15, 0.2) is 0 Å². The molecule has 122 valence electrons. The first-order valence-electron chi connectivity index (χ1n) is 7.62. The Morgan fingerprint density at radius 3 is 2.64 bits per heavy atom. The van der Waals surface area contributed by atoms with E-state index in [0.717, 1.165) is 12.1 Å². The van der Waals surface area contributed by atoms with Crippen molar-refractivity contribution in [3.8, 4) is 0 Å². The molecule has 0 saturated heterocycles. The zero-order valence-electron chi connectivity index (χ0n) is 13.4. The first kappa shape index (κ1) is 17.0. The van der Waals surface area contributed by atoms with Crippen molar-refractivity contribution in [2.75, 3.05) is 30.8 Å². The number of amides is 1. The van der Waals surface area contributed by atoms with E-state index in [1.165, 1.54) is 16.1 Å². The van der Waals surface area contributed by atoms with Crippen LogP contribution >= 0.6 is 0 Å². The minimum Gasteiger partial charge on any atom is -0.312 e. The smallest absolute Gasteiger partial charge is 0.228 e. The molecule has 0 unspecified atom stereocenters. The van der Waals surface area contributed by atoms with Crippen LogP contribution in [0.15, 0.2) is 24.3 Å². The Morgan fingerprint density at radius 2 is 2.00 bits per heavy atom. The third-order valence-electron chi connectivity index (χ3n) is 3.80. The summed E-state index contributed by atoms with van der Waals surface area (Å²) < 4.78 is 25.0. The van der Waals surface area contributed by atoms with Crippen molar-refractivity contribution in [1.82, 2.24) is 4.31 Å². The lowest BCUT2D eigenvalue weighted by molar-refractivity contribution is -0.118. The number of hydrogen-bond donors (Lipinski definition) is 0. The molecular formula is C16H24N2O3S. The van der Waals surface area contributed by atoms with Gasteiger partial charge in [-0.2, -0.15) is 0 Å². The number of fused-ring (bicyclic) bond motifs is 1. The number of carbonyl (C=O) groups is 1. The highest BCUT2D eigenvalue weighted by atomic mass is 32.2. The fourth-order valence-electron chi connectivity index (χ4n) is 2.75. The lowest BCUT2D eigenvalue weighted by Crippen LogP contribution is -2.38. The Balaban J connectivity index is 2.01. The maximum Gasteiger partial charge on any atom is 0.228 e. The normalized spacial score (nSPS) is 14.7. The lowest BCUT2D eigenvalue weighted by Gasteiger charge is -2.23. The molecule has 1 heterocycles. The molecule has 1 amide bonds. The first-order chi connectivity index (χ1) is 10.3. The third kappa shape index (κ3) is 4.08. The number of hydrogen-bond acceptors (Lipinski definition) is 3. The van der Waals surface area contributed by atoms with E-state index in [4.69, 9.17) is 0 Å². The second-order valence-electron chi connectivity index (χ2n) is 6.19. The van der Waals surface area contributed by atoms with Crippen LogP contribution in [0.25, 0.3) is 0 Å². The van der Waals surface area contributed by atoms with Crippen molar-refractivity contribution in [2.45, 2.75) is 26.7 Å². The standard InChI is InChI=1S/C16H24N2O3S/c1-13(2)12-17(22(3,20)21)10-9-16(19)18-11-8-14-6-4-5-7-15(14)18/h4-7,13H,8-12H2,1-3H3. The molecule has 0 aliphatic carbocycles. The first-order valence-corrected chi connectivity index (χ1v) is 9.47. The van der Waals surface area contributed by atoms with E-state index in [9.17, 15) is 13.2 Å². The molecule has 6 heteroatoms. The number of rotatable bonds is 6. The van der Waals surface area contributed by atoms with Crippen LogP contribution in [-0.4, -0.2) is 44.5 Å². The fraction of sp³-hybridized carbons (Fsp3) is 0.562. The summed E-state index contributed by atoms with van der Waals surface area (Å²) in [7, 11) is -3.28. The van der Waals surface area contributed by atoms with Crippen LogP contribution in [0.2, 0.25) is 0 Å². The molecule has 0 radical (unpaired) electrons. The largest absolute Gasteiger partial charge is 0.312 e. The van der Waals surface area contributed by atoms with Gasteiger partial charge >= 0.3 is 0 Å². The van der Waals surface area contributed by atoms with Crippen molar-refractivity contribution in [3.63, 3.8) is 0 Å². The van der Waals surface area contributed by atoms with E-state index in [0.29, 0.717) is 13.1 Å². The van der Waals surface area contributed by atoms with Crippen molar-refractivity contribution in [1.29, 1.82) is 0 Å². The molecule has 0 saturated carbocycles. The number of para-hydroxylation sites is 1. The van der Waals surface area contributed by atoms with Gasteiger partial charge in [0.05, 0.1) is 6.26 Å². The molecule has 1 aliphatic rings. The van der Waals surface area contributed by atoms with Crippen LogP contribution < -0.4 is 4.90 Å². The zero-order chi connectivity index (χ0) is 16.3. The van der Waals surface area contributed by atoms with Gasteiger partial charge in [-0.15, -0.1) is 0 Å². The van der Waals surface area contributed by atoms with Gasteiger partial charge in [0.25, 0.3) is 0 Å². The lowest BCUT2D eigenvalue weighted by atomic mass is 10.2. The highest BCUT2D eigenvalue weighted by molar-refractivity contribution is 7.88. The quantitative estimate of drug-likeness (QED) is 0.803. The third-order valence-corrected chi connectivity index (χ3v) is 5.07. The number of carbonyl (C=O) groups excluding carboxylic acids is 1. The second kappa shape index (κ2) is 6.79. The maximum atomic E-state index is 12.4. The molecule has 1 aromatic carbocycles. The minimum atomic E-state index is -3.28. The Morgan fingerprint density at radius 1 is 1.32 bits per heavy atom. The van der Waals surface area contributed by atoms with Gasteiger partial charge in [-0.1, -0.05) is 32.0 Å². The minimum absolute atomic E-state index is 0.0117. The monoisotopic (exact) mass is 324 g/mol. The summed E-state index contributed by atoms with van der Waals surface area (Å²) in [6.45, 7) is 5.31.